The number of nitrogens with zero attached hydrogens (tertiary/aromatic N) is 2. The Morgan fingerprint density at radius 2 is 1.86 bits per heavy atom. The minimum Gasteiger partial charge on any atom is -0.326 e. The van der Waals surface area contributed by atoms with Crippen molar-refractivity contribution in [1.82, 2.24) is 9.97 Å². The average Bonchev–Trinajstić information content (AvgIpc) is 2.47. The molecule has 0 aliphatic rings. The highest BCUT2D eigenvalue weighted by atomic mass is 19.1. The van der Waals surface area contributed by atoms with E-state index in [1.54, 1.807) is 42.7 Å². The van der Waals surface area contributed by atoms with Crippen molar-refractivity contribution in [3.05, 3.63) is 66.2 Å². The Balaban J connectivity index is 1.74. The third-order valence-corrected chi connectivity index (χ3v) is 3.01. The zero-order chi connectivity index (χ0) is 14.7. The van der Waals surface area contributed by atoms with E-state index in [1.807, 2.05) is 0 Å². The van der Waals surface area contributed by atoms with E-state index < -0.39 is 0 Å². The van der Waals surface area contributed by atoms with Crippen LogP contribution in [0.1, 0.15) is 5.56 Å². The summed E-state index contributed by atoms with van der Waals surface area (Å²) in [6.45, 7) is 0. The SMILES string of the molecule is O=C(Cc1cccc(F)c1)Nc1ccc2nccnc2c1. The predicted octanol–water partition coefficient (Wildman–Crippen LogP) is 2.95. The van der Waals surface area contributed by atoms with E-state index in [0.29, 0.717) is 16.8 Å². The molecular formula is C16H12FN3O. The molecule has 1 aromatic heterocycles. The fraction of sp³-hybridized carbons (Fsp3) is 0.0625. The van der Waals surface area contributed by atoms with Crippen molar-refractivity contribution < 1.29 is 9.18 Å². The van der Waals surface area contributed by atoms with E-state index in [0.717, 1.165) is 5.52 Å². The number of carbonyl (C=O) groups excluding carboxylic acids is 1. The van der Waals surface area contributed by atoms with Crippen molar-refractivity contribution >= 4 is 22.6 Å². The smallest absolute Gasteiger partial charge is 0.228 e. The quantitative estimate of drug-likeness (QED) is 0.803. The number of aromatic nitrogens is 2. The van der Waals surface area contributed by atoms with Gasteiger partial charge in [0.25, 0.3) is 0 Å². The molecule has 1 N–H and O–H groups in total. The zero-order valence-corrected chi connectivity index (χ0v) is 11.1. The largest absolute Gasteiger partial charge is 0.326 e. The summed E-state index contributed by atoms with van der Waals surface area (Å²) in [6, 6.07) is 11.3. The molecule has 0 unspecified atom stereocenters. The Hall–Kier alpha value is -2.82. The third kappa shape index (κ3) is 3.20. The van der Waals surface area contributed by atoms with Crippen LogP contribution in [0.5, 0.6) is 0 Å². The fourth-order valence-electron chi connectivity index (χ4n) is 2.08. The summed E-state index contributed by atoms with van der Waals surface area (Å²) in [5.41, 5.74) is 2.75. The molecule has 0 radical (unpaired) electrons. The van der Waals surface area contributed by atoms with Gasteiger partial charge in [0.2, 0.25) is 5.91 Å². The monoisotopic (exact) mass is 281 g/mol. The Morgan fingerprint density at radius 3 is 2.67 bits per heavy atom. The lowest BCUT2D eigenvalue weighted by Gasteiger charge is -2.06. The van der Waals surface area contributed by atoms with Crippen LogP contribution in [0.25, 0.3) is 11.0 Å². The first-order valence-electron chi connectivity index (χ1n) is 6.46. The molecule has 2 aromatic carbocycles. The molecule has 1 heterocycles. The van der Waals surface area contributed by atoms with Crippen LogP contribution in [0.15, 0.2) is 54.9 Å². The second-order valence-corrected chi connectivity index (χ2v) is 4.61. The lowest BCUT2D eigenvalue weighted by Crippen LogP contribution is -2.14. The van der Waals surface area contributed by atoms with Gasteiger partial charge in [-0.15, -0.1) is 0 Å². The molecule has 21 heavy (non-hydrogen) atoms. The lowest BCUT2D eigenvalue weighted by atomic mass is 10.1. The maximum Gasteiger partial charge on any atom is 0.228 e. The van der Waals surface area contributed by atoms with Crippen molar-refractivity contribution in [1.29, 1.82) is 0 Å². The first kappa shape index (κ1) is 13.2. The number of hydrogen-bond donors (Lipinski definition) is 1. The van der Waals surface area contributed by atoms with Gasteiger partial charge in [-0.25, -0.2) is 4.39 Å². The number of fused-ring (bicyclic) bond motifs is 1. The summed E-state index contributed by atoms with van der Waals surface area (Å²) in [5.74, 6) is -0.551. The average molecular weight is 281 g/mol. The van der Waals surface area contributed by atoms with Crippen LogP contribution in [0.4, 0.5) is 10.1 Å². The minimum atomic E-state index is -0.346. The minimum absolute atomic E-state index is 0.121. The summed E-state index contributed by atoms with van der Waals surface area (Å²) in [5, 5.41) is 2.77. The first-order valence-corrected chi connectivity index (χ1v) is 6.46. The number of nitrogens with one attached hydrogen (secondary N) is 1. The highest BCUT2D eigenvalue weighted by molar-refractivity contribution is 5.94. The van der Waals surface area contributed by atoms with Gasteiger partial charge in [-0.05, 0) is 35.9 Å². The summed E-state index contributed by atoms with van der Waals surface area (Å²) < 4.78 is 13.1. The number of benzene rings is 2. The molecule has 5 heteroatoms. The molecule has 0 atom stereocenters. The van der Waals surface area contributed by atoms with Crippen LogP contribution in [0.2, 0.25) is 0 Å². The Bertz CT molecular complexity index is 804. The Labute approximate surface area is 120 Å². The molecule has 0 saturated carbocycles. The first-order chi connectivity index (χ1) is 10.2. The standard InChI is InChI=1S/C16H12FN3O/c17-12-3-1-2-11(8-12)9-16(21)20-13-4-5-14-15(10-13)19-7-6-18-14/h1-8,10H,9H2,(H,20,21). The van der Waals surface area contributed by atoms with Gasteiger partial charge < -0.3 is 5.32 Å². The van der Waals surface area contributed by atoms with Gasteiger partial charge in [-0.1, -0.05) is 12.1 Å². The molecule has 3 aromatic rings. The normalized spacial score (nSPS) is 10.5. The molecule has 104 valence electrons. The third-order valence-electron chi connectivity index (χ3n) is 3.01. The lowest BCUT2D eigenvalue weighted by molar-refractivity contribution is -0.115. The molecule has 0 aliphatic heterocycles. The van der Waals surface area contributed by atoms with Crippen LogP contribution in [0.3, 0.4) is 0 Å². The van der Waals surface area contributed by atoms with Crippen molar-refractivity contribution in [2.75, 3.05) is 5.32 Å². The van der Waals surface area contributed by atoms with E-state index in [1.165, 1.54) is 12.1 Å². The van der Waals surface area contributed by atoms with Gasteiger partial charge in [-0.2, -0.15) is 0 Å². The predicted molar refractivity (Wildman–Crippen MR) is 78.3 cm³/mol. The maximum atomic E-state index is 13.1. The number of carbonyl (C=O) groups is 1. The van der Waals surface area contributed by atoms with E-state index in [2.05, 4.69) is 15.3 Å². The van der Waals surface area contributed by atoms with E-state index in [-0.39, 0.29) is 18.1 Å². The summed E-state index contributed by atoms with van der Waals surface area (Å²) >= 11 is 0. The molecule has 0 saturated heterocycles. The molecule has 1 amide bonds. The topological polar surface area (TPSA) is 54.9 Å². The molecule has 0 fully saturated rings. The summed E-state index contributed by atoms with van der Waals surface area (Å²) in [7, 11) is 0. The van der Waals surface area contributed by atoms with Crippen LogP contribution < -0.4 is 5.32 Å². The van der Waals surface area contributed by atoms with Gasteiger partial charge >= 0.3 is 0 Å². The van der Waals surface area contributed by atoms with Crippen molar-refractivity contribution in [3.8, 4) is 0 Å². The Kier molecular flexibility index (Phi) is 3.55. The summed E-state index contributed by atoms with van der Waals surface area (Å²) in [6.07, 6.45) is 3.33. The van der Waals surface area contributed by atoms with Gasteiger partial charge in [-0.3, -0.25) is 14.8 Å². The zero-order valence-electron chi connectivity index (χ0n) is 11.1. The second-order valence-electron chi connectivity index (χ2n) is 4.61. The highest BCUT2D eigenvalue weighted by Gasteiger charge is 2.06. The molecule has 0 spiro atoms. The van der Waals surface area contributed by atoms with E-state index in [4.69, 9.17) is 0 Å². The number of rotatable bonds is 3. The number of amides is 1. The van der Waals surface area contributed by atoms with E-state index in [9.17, 15) is 9.18 Å². The van der Waals surface area contributed by atoms with Gasteiger partial charge in [0.05, 0.1) is 17.5 Å². The van der Waals surface area contributed by atoms with Crippen molar-refractivity contribution in [3.63, 3.8) is 0 Å². The van der Waals surface area contributed by atoms with Gasteiger partial charge in [0.15, 0.2) is 0 Å². The molecule has 3 rings (SSSR count). The summed E-state index contributed by atoms with van der Waals surface area (Å²) in [4.78, 5) is 20.3. The second kappa shape index (κ2) is 5.66. The van der Waals surface area contributed by atoms with Crippen molar-refractivity contribution in [2.24, 2.45) is 0 Å². The number of anilines is 1. The van der Waals surface area contributed by atoms with Gasteiger partial charge in [0.1, 0.15) is 5.82 Å². The number of hydrogen-bond acceptors (Lipinski definition) is 3. The van der Waals surface area contributed by atoms with Gasteiger partial charge in [0, 0.05) is 18.1 Å². The molecule has 0 aliphatic carbocycles. The van der Waals surface area contributed by atoms with Crippen molar-refractivity contribution in [2.45, 2.75) is 6.42 Å². The molecule has 4 nitrogen and oxygen atoms in total. The van der Waals surface area contributed by atoms with E-state index >= 15 is 0 Å². The Morgan fingerprint density at radius 1 is 1.05 bits per heavy atom. The maximum absolute atomic E-state index is 13.1. The molecular weight excluding hydrogens is 269 g/mol. The van der Waals surface area contributed by atoms with Crippen LogP contribution in [0, 0.1) is 5.82 Å². The number of halogens is 1. The fourth-order valence-corrected chi connectivity index (χ4v) is 2.08. The highest BCUT2D eigenvalue weighted by Crippen LogP contribution is 2.15. The van der Waals surface area contributed by atoms with Crippen LogP contribution in [-0.4, -0.2) is 15.9 Å². The molecule has 0 bridgehead atoms. The van der Waals surface area contributed by atoms with Crippen LogP contribution in [-0.2, 0) is 11.2 Å². The van der Waals surface area contributed by atoms with Crippen LogP contribution >= 0.6 is 0 Å².